The third kappa shape index (κ3) is 4.18. The Morgan fingerprint density at radius 3 is 2.68 bits per heavy atom. The van der Waals surface area contributed by atoms with Crippen LogP contribution in [-0.2, 0) is 4.74 Å². The monoisotopic (exact) mass is 269 g/mol. The van der Waals surface area contributed by atoms with Crippen molar-refractivity contribution in [2.24, 2.45) is 5.84 Å². The van der Waals surface area contributed by atoms with Crippen LogP contribution in [0, 0.1) is 0 Å². The van der Waals surface area contributed by atoms with Crippen molar-refractivity contribution in [2.45, 2.75) is 32.3 Å². The first-order valence-electron chi connectivity index (χ1n) is 6.41. The molecule has 2 rings (SSSR count). The minimum absolute atomic E-state index is 0.0563. The lowest BCUT2D eigenvalue weighted by Gasteiger charge is -2.22. The predicted molar refractivity (Wildman–Crippen MR) is 67.9 cm³/mol. The number of nitrogen functional groups attached to an aromatic ring is 1. The van der Waals surface area contributed by atoms with Gasteiger partial charge in [0.25, 0.3) is 0 Å². The maximum absolute atomic E-state index is 5.70. The molecule has 19 heavy (non-hydrogen) atoms. The molecule has 0 atom stereocenters. The van der Waals surface area contributed by atoms with Crippen LogP contribution < -0.4 is 20.7 Å². The minimum atomic E-state index is 0.0563. The Morgan fingerprint density at radius 2 is 2.00 bits per heavy atom. The van der Waals surface area contributed by atoms with E-state index in [2.05, 4.69) is 20.4 Å². The second-order valence-electron chi connectivity index (χ2n) is 4.15. The molecule has 106 valence electrons. The number of anilines is 1. The average molecular weight is 269 g/mol. The van der Waals surface area contributed by atoms with E-state index in [9.17, 15) is 0 Å². The number of hydrogen-bond donors (Lipinski definition) is 2. The SMILES string of the molecule is CCCOc1nc(NN)nc(OC2CCOCC2)n1. The van der Waals surface area contributed by atoms with Crippen LogP contribution in [0.3, 0.4) is 0 Å². The summed E-state index contributed by atoms with van der Waals surface area (Å²) >= 11 is 0. The van der Waals surface area contributed by atoms with E-state index in [1.807, 2.05) is 6.92 Å². The predicted octanol–water partition coefficient (Wildman–Crippen LogP) is 0.504. The van der Waals surface area contributed by atoms with Gasteiger partial charge in [-0.1, -0.05) is 6.92 Å². The number of aromatic nitrogens is 3. The van der Waals surface area contributed by atoms with E-state index < -0.39 is 0 Å². The second kappa shape index (κ2) is 7.05. The summed E-state index contributed by atoms with van der Waals surface area (Å²) in [5.41, 5.74) is 2.37. The summed E-state index contributed by atoms with van der Waals surface area (Å²) in [5, 5.41) is 0. The van der Waals surface area contributed by atoms with E-state index >= 15 is 0 Å². The lowest BCUT2D eigenvalue weighted by Crippen LogP contribution is -2.27. The van der Waals surface area contributed by atoms with Gasteiger partial charge in [-0.15, -0.1) is 4.98 Å². The molecule has 1 aliphatic rings. The van der Waals surface area contributed by atoms with Gasteiger partial charge in [0, 0.05) is 12.8 Å². The topological polar surface area (TPSA) is 104 Å². The Balaban J connectivity index is 2.04. The highest BCUT2D eigenvalue weighted by atomic mass is 16.5. The highest BCUT2D eigenvalue weighted by molar-refractivity contribution is 5.25. The van der Waals surface area contributed by atoms with Gasteiger partial charge in [0.1, 0.15) is 6.10 Å². The first-order chi connectivity index (χ1) is 9.31. The summed E-state index contributed by atoms with van der Waals surface area (Å²) in [6, 6.07) is 0.438. The standard InChI is InChI=1S/C11H19N5O3/c1-2-5-18-10-13-9(16-12)14-11(15-10)19-8-3-6-17-7-4-8/h8H,2-7,12H2,1H3,(H,13,14,15,16). The lowest BCUT2D eigenvalue weighted by molar-refractivity contribution is 0.0213. The molecule has 0 bridgehead atoms. The van der Waals surface area contributed by atoms with Crippen molar-refractivity contribution in [3.8, 4) is 12.0 Å². The fourth-order valence-corrected chi connectivity index (χ4v) is 1.66. The first kappa shape index (κ1) is 13.8. The van der Waals surface area contributed by atoms with Gasteiger partial charge in [-0.2, -0.15) is 9.97 Å². The zero-order valence-electron chi connectivity index (χ0n) is 11.0. The molecule has 0 spiro atoms. The molecule has 8 heteroatoms. The summed E-state index contributed by atoms with van der Waals surface area (Å²) in [6.07, 6.45) is 2.57. The highest BCUT2D eigenvalue weighted by Crippen LogP contribution is 2.17. The fourth-order valence-electron chi connectivity index (χ4n) is 1.66. The van der Waals surface area contributed by atoms with Gasteiger partial charge < -0.3 is 14.2 Å². The zero-order chi connectivity index (χ0) is 13.5. The molecule has 1 aromatic rings. The van der Waals surface area contributed by atoms with Crippen molar-refractivity contribution < 1.29 is 14.2 Å². The third-order valence-corrected chi connectivity index (χ3v) is 2.60. The van der Waals surface area contributed by atoms with Gasteiger partial charge in [-0.3, -0.25) is 5.43 Å². The van der Waals surface area contributed by atoms with Gasteiger partial charge in [-0.05, 0) is 6.42 Å². The molecule has 0 radical (unpaired) electrons. The largest absolute Gasteiger partial charge is 0.463 e. The Bertz CT molecular complexity index is 398. The number of nitrogens with zero attached hydrogens (tertiary/aromatic N) is 3. The van der Waals surface area contributed by atoms with Crippen molar-refractivity contribution in [3.05, 3.63) is 0 Å². The zero-order valence-corrected chi connectivity index (χ0v) is 11.0. The van der Waals surface area contributed by atoms with Crippen LogP contribution >= 0.6 is 0 Å². The van der Waals surface area contributed by atoms with E-state index in [1.165, 1.54) is 0 Å². The molecule has 1 aliphatic heterocycles. The Hall–Kier alpha value is -1.67. The molecule has 3 N–H and O–H groups in total. The molecule has 0 saturated carbocycles. The maximum atomic E-state index is 5.70. The number of ether oxygens (including phenoxy) is 3. The Morgan fingerprint density at radius 1 is 1.26 bits per heavy atom. The second-order valence-corrected chi connectivity index (χ2v) is 4.15. The normalized spacial score (nSPS) is 16.1. The van der Waals surface area contributed by atoms with Gasteiger partial charge in [0.15, 0.2) is 0 Å². The summed E-state index contributed by atoms with van der Waals surface area (Å²) in [6.45, 7) is 3.92. The molecular formula is C11H19N5O3. The average Bonchev–Trinajstić information content (AvgIpc) is 2.46. The molecule has 8 nitrogen and oxygen atoms in total. The van der Waals surface area contributed by atoms with E-state index in [1.54, 1.807) is 0 Å². The number of nitrogens with two attached hydrogens (primary N) is 1. The highest BCUT2D eigenvalue weighted by Gasteiger charge is 2.18. The van der Waals surface area contributed by atoms with Crippen molar-refractivity contribution in [1.29, 1.82) is 0 Å². The smallest absolute Gasteiger partial charge is 0.324 e. The summed E-state index contributed by atoms with van der Waals surface area (Å²) in [7, 11) is 0. The van der Waals surface area contributed by atoms with Crippen LogP contribution in [0.1, 0.15) is 26.2 Å². The van der Waals surface area contributed by atoms with Crippen LogP contribution in [0.5, 0.6) is 12.0 Å². The summed E-state index contributed by atoms with van der Waals surface area (Å²) in [5.74, 6) is 5.54. The lowest BCUT2D eigenvalue weighted by atomic mass is 10.2. The van der Waals surface area contributed by atoms with Crippen molar-refractivity contribution in [3.63, 3.8) is 0 Å². The molecular weight excluding hydrogens is 250 g/mol. The molecule has 2 heterocycles. The van der Waals surface area contributed by atoms with Crippen LogP contribution in [0.25, 0.3) is 0 Å². The van der Waals surface area contributed by atoms with Crippen molar-refractivity contribution in [2.75, 3.05) is 25.2 Å². The Labute approximate surface area is 111 Å². The van der Waals surface area contributed by atoms with Crippen LogP contribution in [0.2, 0.25) is 0 Å². The van der Waals surface area contributed by atoms with Crippen LogP contribution in [-0.4, -0.2) is 40.9 Å². The quantitative estimate of drug-likeness (QED) is 0.568. The van der Waals surface area contributed by atoms with Gasteiger partial charge in [0.2, 0.25) is 5.95 Å². The van der Waals surface area contributed by atoms with Crippen molar-refractivity contribution in [1.82, 2.24) is 15.0 Å². The first-order valence-corrected chi connectivity index (χ1v) is 6.41. The molecule has 0 amide bonds. The maximum Gasteiger partial charge on any atom is 0.324 e. The van der Waals surface area contributed by atoms with Crippen LogP contribution in [0.4, 0.5) is 5.95 Å². The number of rotatable bonds is 6. The molecule has 1 fully saturated rings. The van der Waals surface area contributed by atoms with Gasteiger partial charge >= 0.3 is 12.0 Å². The minimum Gasteiger partial charge on any atom is -0.463 e. The molecule has 0 aliphatic carbocycles. The number of hydrazine groups is 1. The molecule has 0 aromatic carbocycles. The van der Waals surface area contributed by atoms with Gasteiger partial charge in [-0.25, -0.2) is 5.84 Å². The van der Waals surface area contributed by atoms with E-state index in [0.29, 0.717) is 19.8 Å². The van der Waals surface area contributed by atoms with E-state index in [0.717, 1.165) is 19.3 Å². The third-order valence-electron chi connectivity index (χ3n) is 2.60. The molecule has 0 unspecified atom stereocenters. The van der Waals surface area contributed by atoms with Crippen LogP contribution in [0.15, 0.2) is 0 Å². The van der Waals surface area contributed by atoms with E-state index in [-0.39, 0.29) is 24.1 Å². The van der Waals surface area contributed by atoms with Crippen molar-refractivity contribution >= 4 is 5.95 Å². The van der Waals surface area contributed by atoms with Gasteiger partial charge in [0.05, 0.1) is 19.8 Å². The Kier molecular flexibility index (Phi) is 5.10. The fraction of sp³-hybridized carbons (Fsp3) is 0.727. The van der Waals surface area contributed by atoms with E-state index in [4.69, 9.17) is 20.1 Å². The summed E-state index contributed by atoms with van der Waals surface area (Å²) in [4.78, 5) is 12.2. The number of hydrogen-bond acceptors (Lipinski definition) is 8. The molecule has 1 aromatic heterocycles. The summed E-state index contributed by atoms with van der Waals surface area (Å²) < 4.78 is 16.3. The molecule has 1 saturated heterocycles. The number of nitrogens with one attached hydrogen (secondary N) is 1.